The van der Waals surface area contributed by atoms with Crippen LogP contribution in [0.15, 0.2) is 48.7 Å². The molecule has 0 saturated heterocycles. The number of hydrogen-bond acceptors (Lipinski definition) is 4. The molecule has 1 heterocycles. The third-order valence-corrected chi connectivity index (χ3v) is 3.21. The molecular weight excluding hydrogens is 292 g/mol. The predicted octanol–water partition coefficient (Wildman–Crippen LogP) is 3.93. The monoisotopic (exact) mass is 302 g/mol. The van der Waals surface area contributed by atoms with Crippen LogP contribution >= 0.6 is 11.6 Å². The largest absolute Gasteiger partial charge is 0.508 e. The van der Waals surface area contributed by atoms with E-state index in [9.17, 15) is 10.2 Å². The van der Waals surface area contributed by atoms with Gasteiger partial charge in [-0.1, -0.05) is 23.7 Å². The summed E-state index contributed by atoms with van der Waals surface area (Å²) in [7, 11) is 0. The SMILES string of the molecule is Oc1ccc(-c2n[nH]cc2Oc2ccccc2Cl)c(O)c1. The van der Waals surface area contributed by atoms with Crippen molar-refractivity contribution in [3.05, 3.63) is 53.7 Å². The maximum atomic E-state index is 9.91. The van der Waals surface area contributed by atoms with E-state index in [1.54, 1.807) is 36.5 Å². The minimum Gasteiger partial charge on any atom is -0.508 e. The molecule has 0 unspecified atom stereocenters. The van der Waals surface area contributed by atoms with Crippen LogP contribution in [0.5, 0.6) is 23.0 Å². The van der Waals surface area contributed by atoms with Gasteiger partial charge in [0.2, 0.25) is 0 Å². The minimum atomic E-state index is -0.0916. The molecular formula is C15H11ClN2O3. The van der Waals surface area contributed by atoms with Gasteiger partial charge in [0.05, 0.1) is 11.2 Å². The van der Waals surface area contributed by atoms with Crippen LogP contribution < -0.4 is 4.74 Å². The summed E-state index contributed by atoms with van der Waals surface area (Å²) in [5.74, 6) is 0.788. The van der Waals surface area contributed by atoms with E-state index in [0.717, 1.165) is 0 Å². The maximum absolute atomic E-state index is 9.91. The molecule has 0 aliphatic heterocycles. The molecule has 5 nitrogen and oxygen atoms in total. The lowest BCUT2D eigenvalue weighted by atomic mass is 10.1. The number of phenols is 2. The lowest BCUT2D eigenvalue weighted by Gasteiger charge is -2.08. The highest BCUT2D eigenvalue weighted by Gasteiger charge is 2.15. The van der Waals surface area contributed by atoms with Crippen LogP contribution in [-0.2, 0) is 0 Å². The fraction of sp³-hybridized carbons (Fsp3) is 0. The van der Waals surface area contributed by atoms with Gasteiger partial charge in [0, 0.05) is 11.6 Å². The van der Waals surface area contributed by atoms with E-state index in [1.165, 1.54) is 12.1 Å². The summed E-state index contributed by atoms with van der Waals surface area (Å²) in [6.07, 6.45) is 1.56. The Morgan fingerprint density at radius 2 is 1.86 bits per heavy atom. The highest BCUT2D eigenvalue weighted by atomic mass is 35.5. The molecule has 3 rings (SSSR count). The Kier molecular flexibility index (Phi) is 3.41. The van der Waals surface area contributed by atoms with E-state index in [4.69, 9.17) is 16.3 Å². The van der Waals surface area contributed by atoms with Gasteiger partial charge in [0.15, 0.2) is 5.75 Å². The smallest absolute Gasteiger partial charge is 0.173 e. The van der Waals surface area contributed by atoms with Gasteiger partial charge in [-0.3, -0.25) is 5.10 Å². The third kappa shape index (κ3) is 2.64. The van der Waals surface area contributed by atoms with Crippen molar-refractivity contribution >= 4 is 11.6 Å². The summed E-state index contributed by atoms with van der Waals surface area (Å²) in [5.41, 5.74) is 0.864. The summed E-state index contributed by atoms with van der Waals surface area (Å²) in [5, 5.41) is 26.5. The first-order chi connectivity index (χ1) is 10.1. The number of phenolic OH excluding ortho intramolecular Hbond substituents is 2. The van der Waals surface area contributed by atoms with Gasteiger partial charge in [0.25, 0.3) is 0 Å². The third-order valence-electron chi connectivity index (χ3n) is 2.90. The van der Waals surface area contributed by atoms with Gasteiger partial charge >= 0.3 is 0 Å². The average Bonchev–Trinajstić information content (AvgIpc) is 2.89. The fourth-order valence-electron chi connectivity index (χ4n) is 1.92. The molecule has 0 saturated carbocycles. The van der Waals surface area contributed by atoms with Crippen LogP contribution in [0.2, 0.25) is 5.02 Å². The number of H-pyrrole nitrogens is 1. The number of aromatic amines is 1. The van der Waals surface area contributed by atoms with E-state index in [1.807, 2.05) is 0 Å². The summed E-state index contributed by atoms with van der Waals surface area (Å²) >= 11 is 6.05. The Balaban J connectivity index is 2.00. The topological polar surface area (TPSA) is 78.4 Å². The number of para-hydroxylation sites is 1. The fourth-order valence-corrected chi connectivity index (χ4v) is 2.09. The lowest BCUT2D eigenvalue weighted by molar-refractivity contribution is 0.450. The number of ether oxygens (including phenoxy) is 1. The molecule has 0 spiro atoms. The molecule has 2 aromatic carbocycles. The molecule has 0 atom stereocenters. The maximum Gasteiger partial charge on any atom is 0.173 e. The molecule has 0 aliphatic rings. The number of rotatable bonds is 3. The highest BCUT2D eigenvalue weighted by Crippen LogP contribution is 2.38. The Hall–Kier alpha value is -2.66. The zero-order valence-electron chi connectivity index (χ0n) is 10.7. The number of benzene rings is 2. The first-order valence-electron chi connectivity index (χ1n) is 6.13. The number of nitrogens with one attached hydrogen (secondary N) is 1. The molecule has 0 amide bonds. The Bertz CT molecular complexity index is 786. The molecule has 0 aliphatic carbocycles. The van der Waals surface area contributed by atoms with Crippen LogP contribution in [0.1, 0.15) is 0 Å². The van der Waals surface area contributed by atoms with Gasteiger partial charge in [0.1, 0.15) is 22.9 Å². The van der Waals surface area contributed by atoms with Crippen molar-refractivity contribution in [2.75, 3.05) is 0 Å². The van der Waals surface area contributed by atoms with E-state index in [2.05, 4.69) is 10.2 Å². The van der Waals surface area contributed by atoms with E-state index in [-0.39, 0.29) is 11.5 Å². The van der Waals surface area contributed by atoms with Crippen LogP contribution in [0, 0.1) is 0 Å². The number of nitrogens with zero attached hydrogens (tertiary/aromatic N) is 1. The number of halogens is 1. The van der Waals surface area contributed by atoms with Gasteiger partial charge in [-0.05, 0) is 24.3 Å². The number of aromatic hydroxyl groups is 2. The van der Waals surface area contributed by atoms with E-state index < -0.39 is 0 Å². The zero-order chi connectivity index (χ0) is 14.8. The molecule has 3 aromatic rings. The quantitative estimate of drug-likeness (QED) is 0.685. The molecule has 0 bridgehead atoms. The van der Waals surface area contributed by atoms with Crippen molar-refractivity contribution in [3.8, 4) is 34.3 Å². The van der Waals surface area contributed by atoms with Crippen molar-refractivity contribution in [2.45, 2.75) is 0 Å². The van der Waals surface area contributed by atoms with Crippen LogP contribution in [-0.4, -0.2) is 20.4 Å². The van der Waals surface area contributed by atoms with Crippen molar-refractivity contribution in [2.24, 2.45) is 0 Å². The normalized spacial score (nSPS) is 10.5. The molecule has 6 heteroatoms. The second kappa shape index (κ2) is 5.38. The molecule has 0 fully saturated rings. The number of aromatic nitrogens is 2. The van der Waals surface area contributed by atoms with Crippen molar-refractivity contribution < 1.29 is 14.9 Å². The summed E-state index contributed by atoms with van der Waals surface area (Å²) in [6, 6.07) is 11.3. The molecule has 0 radical (unpaired) electrons. The molecule has 3 N–H and O–H groups in total. The minimum absolute atomic E-state index is 0.0274. The van der Waals surface area contributed by atoms with E-state index in [0.29, 0.717) is 27.8 Å². The Morgan fingerprint density at radius 1 is 1.05 bits per heavy atom. The standard InChI is InChI=1S/C15H11ClN2O3/c16-11-3-1-2-4-13(11)21-14-8-17-18-15(14)10-6-5-9(19)7-12(10)20/h1-8,19-20H,(H,17,18). The number of hydrogen-bond donors (Lipinski definition) is 3. The van der Waals surface area contributed by atoms with Crippen molar-refractivity contribution in [3.63, 3.8) is 0 Å². The lowest BCUT2D eigenvalue weighted by Crippen LogP contribution is -1.87. The second-order valence-electron chi connectivity index (χ2n) is 4.33. The van der Waals surface area contributed by atoms with Crippen molar-refractivity contribution in [1.82, 2.24) is 10.2 Å². The zero-order valence-corrected chi connectivity index (χ0v) is 11.5. The summed E-state index contributed by atoms with van der Waals surface area (Å²) in [6.45, 7) is 0. The van der Waals surface area contributed by atoms with Gasteiger partial charge in [-0.15, -0.1) is 0 Å². The Labute approximate surface area is 125 Å². The van der Waals surface area contributed by atoms with Gasteiger partial charge < -0.3 is 14.9 Å². The van der Waals surface area contributed by atoms with Crippen LogP contribution in [0.4, 0.5) is 0 Å². The predicted molar refractivity (Wildman–Crippen MR) is 78.9 cm³/mol. The first kappa shape index (κ1) is 13.3. The van der Waals surface area contributed by atoms with Crippen LogP contribution in [0.25, 0.3) is 11.3 Å². The van der Waals surface area contributed by atoms with Crippen LogP contribution in [0.3, 0.4) is 0 Å². The van der Waals surface area contributed by atoms with Gasteiger partial charge in [-0.2, -0.15) is 5.10 Å². The van der Waals surface area contributed by atoms with Gasteiger partial charge in [-0.25, -0.2) is 0 Å². The molecule has 1 aromatic heterocycles. The molecule has 106 valence electrons. The average molecular weight is 303 g/mol. The summed E-state index contributed by atoms with van der Waals surface area (Å²) in [4.78, 5) is 0. The second-order valence-corrected chi connectivity index (χ2v) is 4.74. The first-order valence-corrected chi connectivity index (χ1v) is 6.51. The highest BCUT2D eigenvalue weighted by molar-refractivity contribution is 6.32. The van der Waals surface area contributed by atoms with E-state index >= 15 is 0 Å². The summed E-state index contributed by atoms with van der Waals surface area (Å²) < 4.78 is 5.72. The van der Waals surface area contributed by atoms with Crippen molar-refractivity contribution in [1.29, 1.82) is 0 Å². The Morgan fingerprint density at radius 3 is 2.62 bits per heavy atom. The molecule has 21 heavy (non-hydrogen) atoms.